The number of hydrogen-bond acceptors (Lipinski definition) is 10. The maximum atomic E-state index is 13.8. The van der Waals surface area contributed by atoms with E-state index in [1.165, 1.54) is 23.1 Å². The molecule has 16 heteroatoms. The van der Waals surface area contributed by atoms with Gasteiger partial charge in [0, 0.05) is 29.6 Å². The first-order chi connectivity index (χ1) is 25.6. The highest BCUT2D eigenvalue weighted by atomic mass is 35.5. The Bertz CT molecular complexity index is 1910. The van der Waals surface area contributed by atoms with Gasteiger partial charge in [0.1, 0.15) is 27.1 Å². The molecule has 6 heterocycles. The lowest BCUT2D eigenvalue weighted by atomic mass is 9.86. The molecule has 0 spiro atoms. The van der Waals surface area contributed by atoms with Crippen LogP contribution in [0.4, 0.5) is 19.3 Å². The van der Waals surface area contributed by atoms with Crippen molar-refractivity contribution in [3.63, 3.8) is 0 Å². The van der Waals surface area contributed by atoms with Gasteiger partial charge < -0.3 is 24.2 Å². The average Bonchev–Trinajstić information content (AvgIpc) is 3.86. The van der Waals surface area contributed by atoms with Gasteiger partial charge in [-0.25, -0.2) is 9.59 Å². The number of carbonyl (C=O) groups excluding carboxylic acids is 2. The number of pyridine rings is 2. The first-order valence-corrected chi connectivity index (χ1v) is 18.9. The Balaban J connectivity index is 1.12. The number of aromatic nitrogens is 2. The molecule has 1 saturated carbocycles. The molecule has 2 bridgehead atoms. The zero-order valence-corrected chi connectivity index (χ0v) is 30.7. The van der Waals surface area contributed by atoms with Crippen molar-refractivity contribution in [3.8, 4) is 11.5 Å². The van der Waals surface area contributed by atoms with Crippen LogP contribution in [-0.4, -0.2) is 60.9 Å². The van der Waals surface area contributed by atoms with Crippen LogP contribution in [0.25, 0.3) is 0 Å². The number of ether oxygens (including phenoxy) is 4. The van der Waals surface area contributed by atoms with Gasteiger partial charge in [0.05, 0.1) is 25.0 Å². The highest BCUT2D eigenvalue weighted by molar-refractivity contribution is 7.14. The lowest BCUT2D eigenvalue weighted by molar-refractivity contribution is -0.605. The summed E-state index contributed by atoms with van der Waals surface area (Å²) in [4.78, 5) is 36.4. The first kappa shape index (κ1) is 37.1. The summed E-state index contributed by atoms with van der Waals surface area (Å²) < 4.78 is 49.7. The summed E-state index contributed by atoms with van der Waals surface area (Å²) in [6.07, 6.45) is 7.60. The largest absolute Gasteiger partial charge is 0.619 e. The quantitative estimate of drug-likeness (QED) is 0.0716. The van der Waals surface area contributed by atoms with Crippen molar-refractivity contribution < 1.29 is 42.0 Å². The highest BCUT2D eigenvalue weighted by Gasteiger charge is 2.38. The fourth-order valence-corrected chi connectivity index (χ4v) is 8.07. The van der Waals surface area contributed by atoms with Crippen molar-refractivity contribution in [2.24, 2.45) is 11.8 Å². The Labute approximate surface area is 318 Å². The maximum Gasteiger partial charge on any atom is 0.415 e. The third-order valence-electron chi connectivity index (χ3n) is 9.63. The lowest BCUT2D eigenvalue weighted by Gasteiger charge is -2.44. The minimum absolute atomic E-state index is 0.0513. The zero-order valence-electron chi connectivity index (χ0n) is 28.4. The third-order valence-corrected chi connectivity index (χ3v) is 11.3. The maximum absolute atomic E-state index is 13.8. The van der Waals surface area contributed by atoms with Crippen LogP contribution >= 0.6 is 34.5 Å². The van der Waals surface area contributed by atoms with Gasteiger partial charge in [0.25, 0.3) is 0 Å². The molecule has 0 unspecified atom stereocenters. The zero-order chi connectivity index (χ0) is 37.1. The Morgan fingerprint density at radius 2 is 1.83 bits per heavy atom. The summed E-state index contributed by atoms with van der Waals surface area (Å²) in [5.41, 5.74) is 1.28. The van der Waals surface area contributed by atoms with E-state index in [1.54, 1.807) is 36.7 Å². The predicted molar refractivity (Wildman–Crippen MR) is 193 cm³/mol. The molecule has 3 aromatic heterocycles. The molecule has 0 N–H and O–H groups in total. The molecule has 4 fully saturated rings. The number of hydrogen-bond donors (Lipinski definition) is 0. The minimum atomic E-state index is -3.08. The van der Waals surface area contributed by atoms with Gasteiger partial charge in [-0.1, -0.05) is 29.3 Å². The molecule has 1 amide bonds. The molecule has 8 rings (SSSR count). The van der Waals surface area contributed by atoms with Crippen LogP contribution in [0.1, 0.15) is 57.5 Å². The number of anilines is 1. The Hall–Kier alpha value is -4.24. The fraction of sp³-hybridized carbons (Fsp3) is 0.405. The van der Waals surface area contributed by atoms with Crippen LogP contribution in [0.2, 0.25) is 10.0 Å². The Morgan fingerprint density at radius 3 is 2.49 bits per heavy atom. The number of thiophene rings is 1. The molecular weight excluding hydrogens is 753 g/mol. The van der Waals surface area contributed by atoms with Gasteiger partial charge in [-0.3, -0.25) is 14.8 Å². The summed E-state index contributed by atoms with van der Waals surface area (Å²) in [6, 6.07) is 11.2. The van der Waals surface area contributed by atoms with E-state index in [9.17, 15) is 23.6 Å². The average molecular weight is 790 g/mol. The number of nitrogens with zero attached hydrogens (tertiary/aromatic N) is 4. The number of piperidine rings is 3. The number of halogens is 4. The minimum Gasteiger partial charge on any atom is -0.619 e. The van der Waals surface area contributed by atoms with Crippen LogP contribution in [0.3, 0.4) is 0 Å². The van der Waals surface area contributed by atoms with E-state index in [-0.39, 0.29) is 45.5 Å². The van der Waals surface area contributed by atoms with Gasteiger partial charge in [-0.2, -0.15) is 13.5 Å². The summed E-state index contributed by atoms with van der Waals surface area (Å²) >= 11 is 14.0. The number of fused-ring (bicyclic) bond motifs is 3. The van der Waals surface area contributed by atoms with Crippen LogP contribution in [0.5, 0.6) is 11.5 Å². The molecule has 4 aromatic rings. The van der Waals surface area contributed by atoms with E-state index in [0.29, 0.717) is 51.4 Å². The molecule has 280 valence electrons. The van der Waals surface area contributed by atoms with Gasteiger partial charge in [0.2, 0.25) is 0 Å². The summed E-state index contributed by atoms with van der Waals surface area (Å²) in [6.45, 7) is 0.0838. The highest BCUT2D eigenvalue weighted by Crippen LogP contribution is 2.39. The van der Waals surface area contributed by atoms with Gasteiger partial charge in [-0.05, 0) is 92.6 Å². The second-order valence-corrected chi connectivity index (χ2v) is 15.3. The smallest absolute Gasteiger partial charge is 0.415 e. The number of rotatable bonds is 14. The number of alkyl halides is 2. The monoisotopic (exact) mass is 788 g/mol. The van der Waals surface area contributed by atoms with Crippen LogP contribution in [0.15, 0.2) is 67.3 Å². The van der Waals surface area contributed by atoms with Crippen molar-refractivity contribution in [2.45, 2.75) is 57.5 Å². The molecule has 0 radical (unpaired) electrons. The van der Waals surface area contributed by atoms with Crippen LogP contribution < -0.4 is 19.1 Å². The standard InChI is InChI=1S/C37H36Cl2F2N4O7S/c38-28-18-44(48)19-29(39)27(28)15-31(24-5-7-30(51-36(40)41)32(14-24)49-21-22-3-4-22)50-35(46)34-8-6-26(53-34)17-45(25-2-1-11-42-16-25)37(47)52-33-20-43-12-9-23(33)10-13-43/h1-2,5-8,11,14,16,18-19,22-23,31,33,36H,3-4,9-10,12-13,15,17,20-21H2/t31-,33-/m0/s1. The molecule has 11 nitrogen and oxygen atoms in total. The van der Waals surface area contributed by atoms with Gasteiger partial charge in [-0.15, -0.1) is 11.3 Å². The molecule has 1 aliphatic carbocycles. The van der Waals surface area contributed by atoms with E-state index >= 15 is 0 Å². The normalized spacial score (nSPS) is 19.8. The number of benzene rings is 1. The van der Waals surface area contributed by atoms with E-state index in [4.69, 9.17) is 42.1 Å². The fourth-order valence-electron chi connectivity index (χ4n) is 6.59. The molecule has 1 aromatic carbocycles. The van der Waals surface area contributed by atoms with Crippen molar-refractivity contribution in [1.29, 1.82) is 0 Å². The van der Waals surface area contributed by atoms with E-state index in [1.807, 2.05) is 0 Å². The Morgan fingerprint density at radius 1 is 1.06 bits per heavy atom. The molecule has 3 aliphatic heterocycles. The van der Waals surface area contributed by atoms with E-state index < -0.39 is 24.8 Å². The van der Waals surface area contributed by atoms with E-state index in [0.717, 1.165) is 62.5 Å². The summed E-state index contributed by atoms with van der Waals surface area (Å²) in [7, 11) is 0. The van der Waals surface area contributed by atoms with E-state index in [2.05, 4.69) is 9.88 Å². The topological polar surface area (TPSA) is 117 Å². The molecule has 53 heavy (non-hydrogen) atoms. The van der Waals surface area contributed by atoms with Crippen molar-refractivity contribution in [1.82, 2.24) is 9.88 Å². The molecular formula is C37H36Cl2F2N4O7S. The van der Waals surface area contributed by atoms with Crippen molar-refractivity contribution in [3.05, 3.63) is 103 Å². The van der Waals surface area contributed by atoms with Gasteiger partial charge in [0.15, 0.2) is 23.9 Å². The van der Waals surface area contributed by atoms with Gasteiger partial charge >= 0.3 is 18.7 Å². The second kappa shape index (κ2) is 16.4. The van der Waals surface area contributed by atoms with Crippen molar-refractivity contribution in [2.75, 3.05) is 31.1 Å². The first-order valence-electron chi connectivity index (χ1n) is 17.3. The van der Waals surface area contributed by atoms with Crippen LogP contribution in [-0.2, 0) is 22.4 Å². The van der Waals surface area contributed by atoms with Crippen molar-refractivity contribution >= 4 is 52.3 Å². The SMILES string of the molecule is O=C(O[C@@H](Cc1c(Cl)c[n+]([O-])cc1Cl)c1ccc(OC(F)F)c(OCC2CC2)c1)c1ccc(CN(C(=O)O[C@H]2CN3CCC2CC3)c2cccnc2)s1. The predicted octanol–water partition coefficient (Wildman–Crippen LogP) is 7.85. The molecule has 4 aliphatic rings. The summed E-state index contributed by atoms with van der Waals surface area (Å²) in [5, 5.41) is 12.1. The summed E-state index contributed by atoms with van der Waals surface area (Å²) in [5.74, 6) is -0.143. The molecule has 3 saturated heterocycles. The number of esters is 1. The van der Waals surface area contributed by atoms with Crippen LogP contribution in [0, 0.1) is 17.0 Å². The second-order valence-electron chi connectivity index (χ2n) is 13.4. The Kier molecular flexibility index (Phi) is 11.5. The number of carbonyl (C=O) groups is 2. The number of amides is 1. The lowest BCUT2D eigenvalue weighted by Crippen LogP contribution is -2.53. The molecule has 2 atom stereocenters. The third kappa shape index (κ3) is 9.29.